The molecule has 0 aliphatic carbocycles. The molecule has 0 bridgehead atoms. The van der Waals surface area contributed by atoms with Gasteiger partial charge in [-0.05, 0) is 25.5 Å². The predicted molar refractivity (Wildman–Crippen MR) is 102 cm³/mol. The zero-order valence-corrected chi connectivity index (χ0v) is 16.0. The minimum Gasteiger partial charge on any atom is -0.435 e. The van der Waals surface area contributed by atoms with Gasteiger partial charge < -0.3 is 9.64 Å². The van der Waals surface area contributed by atoms with E-state index in [9.17, 15) is 19.3 Å². The molecule has 0 atom stereocenters. The SMILES string of the molecule is CCCN(CC)C(=O)c1cc2c(Oc3ccc([N+](=O)[O-])cc3F)ncnc2s1. The Bertz CT molecular complexity index is 1040. The van der Waals surface area contributed by atoms with Crippen molar-refractivity contribution >= 4 is 33.1 Å². The van der Waals surface area contributed by atoms with E-state index in [-0.39, 0.29) is 23.2 Å². The van der Waals surface area contributed by atoms with Gasteiger partial charge in [0.2, 0.25) is 5.88 Å². The number of amides is 1. The quantitative estimate of drug-likeness (QED) is 0.427. The van der Waals surface area contributed by atoms with Crippen LogP contribution in [0.3, 0.4) is 0 Å². The average molecular weight is 404 g/mol. The highest BCUT2D eigenvalue weighted by Crippen LogP contribution is 2.34. The van der Waals surface area contributed by atoms with Gasteiger partial charge >= 0.3 is 0 Å². The molecule has 8 nitrogen and oxygen atoms in total. The van der Waals surface area contributed by atoms with E-state index in [0.717, 1.165) is 18.6 Å². The fraction of sp³-hybridized carbons (Fsp3) is 0.278. The summed E-state index contributed by atoms with van der Waals surface area (Å²) in [7, 11) is 0. The zero-order valence-electron chi connectivity index (χ0n) is 15.2. The maximum atomic E-state index is 14.1. The van der Waals surface area contributed by atoms with Gasteiger partial charge in [-0.2, -0.15) is 0 Å². The van der Waals surface area contributed by atoms with Crippen LogP contribution in [0.25, 0.3) is 10.2 Å². The Hall–Kier alpha value is -3.14. The molecule has 0 radical (unpaired) electrons. The lowest BCUT2D eigenvalue weighted by Crippen LogP contribution is -2.30. The van der Waals surface area contributed by atoms with Gasteiger partial charge in [-0.15, -0.1) is 11.3 Å². The summed E-state index contributed by atoms with van der Waals surface area (Å²) in [4.78, 5) is 33.6. The second kappa shape index (κ2) is 8.26. The molecule has 146 valence electrons. The molecule has 3 aromatic rings. The Balaban J connectivity index is 1.94. The lowest BCUT2D eigenvalue weighted by atomic mass is 10.3. The summed E-state index contributed by atoms with van der Waals surface area (Å²) in [5.41, 5.74) is -0.378. The number of carbonyl (C=O) groups is 1. The van der Waals surface area contributed by atoms with Gasteiger partial charge in [0.05, 0.1) is 21.3 Å². The smallest absolute Gasteiger partial charge is 0.272 e. The number of fused-ring (bicyclic) bond motifs is 1. The normalized spacial score (nSPS) is 10.8. The predicted octanol–water partition coefficient (Wildman–Crippen LogP) is 4.40. The first-order valence-electron chi connectivity index (χ1n) is 8.60. The summed E-state index contributed by atoms with van der Waals surface area (Å²) in [5, 5.41) is 11.2. The number of nitro benzene ring substituents is 1. The highest BCUT2D eigenvalue weighted by molar-refractivity contribution is 7.20. The number of non-ortho nitro benzene ring substituents is 1. The first-order valence-corrected chi connectivity index (χ1v) is 9.41. The summed E-state index contributed by atoms with van der Waals surface area (Å²) < 4.78 is 19.7. The van der Waals surface area contributed by atoms with Crippen molar-refractivity contribution in [2.75, 3.05) is 13.1 Å². The minimum atomic E-state index is -0.882. The standard InChI is InChI=1S/C18H17FN4O4S/c1-3-7-22(4-2)18(24)15-9-12-16(20-10-21-17(12)28-15)27-14-6-5-11(23(25)26)8-13(14)19/h5-6,8-10H,3-4,7H2,1-2H3. The fourth-order valence-corrected chi connectivity index (χ4v) is 3.60. The Morgan fingerprint density at radius 1 is 1.32 bits per heavy atom. The van der Waals surface area contributed by atoms with Crippen LogP contribution >= 0.6 is 11.3 Å². The molecule has 1 aromatic carbocycles. The Morgan fingerprint density at radius 2 is 2.11 bits per heavy atom. The number of nitro groups is 1. The van der Waals surface area contributed by atoms with E-state index in [2.05, 4.69) is 9.97 Å². The van der Waals surface area contributed by atoms with E-state index in [4.69, 9.17) is 4.74 Å². The summed E-state index contributed by atoms with van der Waals surface area (Å²) in [5.74, 6) is -1.12. The van der Waals surface area contributed by atoms with Crippen molar-refractivity contribution in [2.24, 2.45) is 0 Å². The molecule has 0 aliphatic heterocycles. The van der Waals surface area contributed by atoms with Crippen molar-refractivity contribution in [2.45, 2.75) is 20.3 Å². The number of halogens is 1. The number of hydrogen-bond donors (Lipinski definition) is 0. The molecule has 0 saturated heterocycles. The fourth-order valence-electron chi connectivity index (χ4n) is 2.64. The molecule has 0 fully saturated rings. The van der Waals surface area contributed by atoms with Crippen molar-refractivity contribution in [3.8, 4) is 11.6 Å². The number of aromatic nitrogens is 2. The number of rotatable bonds is 7. The molecule has 1 amide bonds. The average Bonchev–Trinajstić information content (AvgIpc) is 3.12. The lowest BCUT2D eigenvalue weighted by Gasteiger charge is -2.18. The molecule has 0 N–H and O–H groups in total. The third kappa shape index (κ3) is 3.91. The Morgan fingerprint density at radius 3 is 2.75 bits per heavy atom. The van der Waals surface area contributed by atoms with Crippen molar-refractivity contribution in [3.05, 3.63) is 51.4 Å². The second-order valence-corrected chi connectivity index (χ2v) is 6.90. The van der Waals surface area contributed by atoms with Gasteiger partial charge in [0.15, 0.2) is 11.6 Å². The van der Waals surface area contributed by atoms with Gasteiger partial charge in [0.25, 0.3) is 11.6 Å². The van der Waals surface area contributed by atoms with Crippen LogP contribution in [0.2, 0.25) is 0 Å². The first-order chi connectivity index (χ1) is 13.4. The molecule has 2 aromatic heterocycles. The van der Waals surface area contributed by atoms with Gasteiger partial charge in [0.1, 0.15) is 11.2 Å². The van der Waals surface area contributed by atoms with Crippen LogP contribution < -0.4 is 4.74 Å². The van der Waals surface area contributed by atoms with Crippen molar-refractivity contribution in [3.63, 3.8) is 0 Å². The summed E-state index contributed by atoms with van der Waals surface area (Å²) >= 11 is 1.20. The molecule has 0 spiro atoms. The van der Waals surface area contributed by atoms with E-state index >= 15 is 0 Å². The zero-order chi connectivity index (χ0) is 20.3. The van der Waals surface area contributed by atoms with Crippen LogP contribution in [0.1, 0.15) is 29.9 Å². The summed E-state index contributed by atoms with van der Waals surface area (Å²) in [6.07, 6.45) is 2.10. The van der Waals surface area contributed by atoms with E-state index in [1.807, 2.05) is 13.8 Å². The van der Waals surface area contributed by atoms with Crippen LogP contribution in [-0.2, 0) is 0 Å². The van der Waals surface area contributed by atoms with Gasteiger partial charge in [0, 0.05) is 19.2 Å². The molecule has 0 aliphatic rings. The summed E-state index contributed by atoms with van der Waals surface area (Å²) in [6, 6.07) is 4.71. The van der Waals surface area contributed by atoms with Crippen LogP contribution in [0.4, 0.5) is 10.1 Å². The van der Waals surface area contributed by atoms with Crippen LogP contribution in [0.5, 0.6) is 11.6 Å². The van der Waals surface area contributed by atoms with Gasteiger partial charge in [-0.3, -0.25) is 14.9 Å². The molecule has 10 heteroatoms. The number of carbonyl (C=O) groups excluding carboxylic acids is 1. The van der Waals surface area contributed by atoms with Crippen molar-refractivity contribution < 1.29 is 18.8 Å². The molecule has 0 saturated carbocycles. The molecule has 0 unspecified atom stereocenters. The number of benzene rings is 1. The molecule has 2 heterocycles. The molecule has 28 heavy (non-hydrogen) atoms. The molecular formula is C18H17FN4O4S. The second-order valence-electron chi connectivity index (χ2n) is 5.87. The number of ether oxygens (including phenoxy) is 1. The maximum absolute atomic E-state index is 14.1. The van der Waals surface area contributed by atoms with E-state index in [0.29, 0.717) is 28.2 Å². The third-order valence-corrected chi connectivity index (χ3v) is 5.03. The van der Waals surface area contributed by atoms with Crippen molar-refractivity contribution in [1.29, 1.82) is 0 Å². The highest BCUT2D eigenvalue weighted by Gasteiger charge is 2.20. The maximum Gasteiger partial charge on any atom is 0.272 e. The largest absolute Gasteiger partial charge is 0.435 e. The number of nitrogens with zero attached hydrogens (tertiary/aromatic N) is 4. The van der Waals surface area contributed by atoms with Gasteiger partial charge in [-0.25, -0.2) is 14.4 Å². The number of thiophene rings is 1. The topological polar surface area (TPSA) is 98.5 Å². The monoisotopic (exact) mass is 404 g/mol. The minimum absolute atomic E-state index is 0.0755. The Kier molecular flexibility index (Phi) is 5.78. The van der Waals surface area contributed by atoms with E-state index in [1.54, 1.807) is 11.0 Å². The third-order valence-electron chi connectivity index (χ3n) is 4.00. The van der Waals surface area contributed by atoms with Crippen LogP contribution in [-0.4, -0.2) is 38.8 Å². The summed E-state index contributed by atoms with van der Waals surface area (Å²) in [6.45, 7) is 5.14. The Labute approximate surface area is 163 Å². The van der Waals surface area contributed by atoms with Crippen LogP contribution in [0.15, 0.2) is 30.6 Å². The van der Waals surface area contributed by atoms with Crippen LogP contribution in [0, 0.1) is 15.9 Å². The lowest BCUT2D eigenvalue weighted by molar-refractivity contribution is -0.385. The van der Waals surface area contributed by atoms with Crippen molar-refractivity contribution in [1.82, 2.24) is 14.9 Å². The highest BCUT2D eigenvalue weighted by atomic mass is 32.1. The van der Waals surface area contributed by atoms with E-state index in [1.165, 1.54) is 23.7 Å². The number of hydrogen-bond acceptors (Lipinski definition) is 7. The molecular weight excluding hydrogens is 387 g/mol. The van der Waals surface area contributed by atoms with Gasteiger partial charge in [-0.1, -0.05) is 6.92 Å². The molecule has 3 rings (SSSR count). The first kappa shape index (κ1) is 19.6. The van der Waals surface area contributed by atoms with E-state index < -0.39 is 10.7 Å².